The van der Waals surface area contributed by atoms with Crippen LogP contribution < -0.4 is 14.8 Å². The summed E-state index contributed by atoms with van der Waals surface area (Å²) < 4.78 is 12.4. The Labute approximate surface area is 322 Å². The number of hydrogen-bond acceptors (Lipinski definition) is 4. The fourth-order valence-corrected chi connectivity index (χ4v) is 7.76. The lowest BCUT2D eigenvalue weighted by molar-refractivity contribution is 0.182. The number of ether oxygens (including phenoxy) is 2. The highest BCUT2D eigenvalue weighted by Gasteiger charge is 2.27. The summed E-state index contributed by atoms with van der Waals surface area (Å²) in [6.45, 7) is 6.67. The summed E-state index contributed by atoms with van der Waals surface area (Å²) in [5.74, 6) is 1.80. The molecule has 1 aliphatic heterocycles. The van der Waals surface area contributed by atoms with Crippen LogP contribution in [-0.4, -0.2) is 24.0 Å². The molecule has 54 heavy (non-hydrogen) atoms. The van der Waals surface area contributed by atoms with E-state index in [1.165, 1.54) is 40.7 Å². The van der Waals surface area contributed by atoms with Gasteiger partial charge in [0.05, 0.1) is 0 Å². The van der Waals surface area contributed by atoms with Gasteiger partial charge in [-0.25, -0.2) is 0 Å². The summed E-state index contributed by atoms with van der Waals surface area (Å²) >= 11 is 0. The Morgan fingerprint density at radius 1 is 0.556 bits per heavy atom. The van der Waals surface area contributed by atoms with Crippen molar-refractivity contribution < 1.29 is 9.47 Å². The zero-order chi connectivity index (χ0) is 36.8. The summed E-state index contributed by atoms with van der Waals surface area (Å²) in [5.41, 5.74) is 8.97. The van der Waals surface area contributed by atoms with E-state index in [1.807, 2.05) is 12.1 Å². The second-order valence-electron chi connectivity index (χ2n) is 14.6. The Morgan fingerprint density at radius 2 is 1.02 bits per heavy atom. The first-order valence-corrected chi connectivity index (χ1v) is 19.9. The number of rotatable bonds is 17. The molecule has 1 fully saturated rings. The molecular formula is C50H54N2O2. The zero-order valence-corrected chi connectivity index (χ0v) is 31.7. The van der Waals surface area contributed by atoms with Gasteiger partial charge in [-0.15, -0.1) is 0 Å². The van der Waals surface area contributed by atoms with Crippen LogP contribution in [0, 0.1) is 0 Å². The van der Waals surface area contributed by atoms with Crippen molar-refractivity contribution in [1.29, 1.82) is 0 Å². The zero-order valence-electron chi connectivity index (χ0n) is 31.7. The fraction of sp³-hybridized carbons (Fsp3) is 0.280. The Hall–Kier alpha value is -5.16. The smallest absolute Gasteiger partial charge is 0.119 e. The minimum atomic E-state index is 0.0474. The molecule has 7 rings (SSSR count). The quantitative estimate of drug-likeness (QED) is 0.0954. The van der Waals surface area contributed by atoms with Gasteiger partial charge in [-0.2, -0.15) is 0 Å². The number of likely N-dealkylation sites (tertiary alicyclic amines) is 1. The van der Waals surface area contributed by atoms with Gasteiger partial charge in [0.25, 0.3) is 0 Å². The van der Waals surface area contributed by atoms with E-state index in [1.54, 1.807) is 0 Å². The van der Waals surface area contributed by atoms with Gasteiger partial charge in [-0.05, 0) is 95.6 Å². The Bertz CT molecular complexity index is 1870. The summed E-state index contributed by atoms with van der Waals surface area (Å²) in [4.78, 5) is 2.61. The molecule has 4 heteroatoms. The molecule has 0 saturated carbocycles. The van der Waals surface area contributed by atoms with E-state index >= 15 is 0 Å². The van der Waals surface area contributed by atoms with Crippen molar-refractivity contribution >= 4 is 0 Å². The molecule has 1 aliphatic rings. The first-order chi connectivity index (χ1) is 26.7. The maximum Gasteiger partial charge on any atom is 0.119 e. The molecule has 0 amide bonds. The van der Waals surface area contributed by atoms with Crippen LogP contribution in [0.1, 0.15) is 89.9 Å². The molecule has 0 spiro atoms. The van der Waals surface area contributed by atoms with Crippen molar-refractivity contribution in [1.82, 2.24) is 10.2 Å². The lowest BCUT2D eigenvalue weighted by Crippen LogP contribution is -2.43. The highest BCUT2D eigenvalue weighted by Crippen LogP contribution is 2.39. The average Bonchev–Trinajstić information content (AvgIpc) is 3.24. The van der Waals surface area contributed by atoms with E-state index in [2.05, 4.69) is 169 Å². The van der Waals surface area contributed by atoms with Gasteiger partial charge in [0.2, 0.25) is 0 Å². The van der Waals surface area contributed by atoms with Gasteiger partial charge in [0.1, 0.15) is 24.7 Å². The van der Waals surface area contributed by atoms with Crippen molar-refractivity contribution in [3.05, 3.63) is 203 Å². The van der Waals surface area contributed by atoms with Crippen molar-refractivity contribution in [3.8, 4) is 11.5 Å². The van der Waals surface area contributed by atoms with Crippen molar-refractivity contribution in [2.45, 2.75) is 76.8 Å². The van der Waals surface area contributed by atoms with Gasteiger partial charge in [-0.3, -0.25) is 4.90 Å². The second kappa shape index (κ2) is 19.3. The average molecular weight is 715 g/mol. The Kier molecular flexibility index (Phi) is 13.2. The van der Waals surface area contributed by atoms with E-state index < -0.39 is 0 Å². The maximum atomic E-state index is 6.22. The molecule has 4 nitrogen and oxygen atoms in total. The SMILES string of the molecule is CCCCC(NC1CCN(Cc2ccccc2)CC1)c1ccccc1C(c1ccc(OCc2ccccc2)cc1)c1ccc(OCc2ccccc2)cc1. The van der Waals surface area contributed by atoms with E-state index in [0.717, 1.165) is 61.5 Å². The van der Waals surface area contributed by atoms with E-state index in [0.29, 0.717) is 19.3 Å². The predicted octanol–water partition coefficient (Wildman–Crippen LogP) is 11.5. The molecule has 1 atom stereocenters. The third kappa shape index (κ3) is 10.3. The Morgan fingerprint density at radius 3 is 1.52 bits per heavy atom. The molecule has 1 unspecified atom stereocenters. The highest BCUT2D eigenvalue weighted by atomic mass is 16.5. The standard InChI is InChI=1S/C50H54N2O2/c1-2-3-23-49(51-44-32-34-52(35-33-44)36-39-15-7-4-8-16-39)47-21-13-14-22-48(47)50(42-24-28-45(29-25-42)53-37-40-17-9-5-10-18-40)43-26-30-46(31-27-43)54-38-41-19-11-6-12-20-41/h4-22,24-31,44,49-51H,2-3,23,32-38H2,1H3. The molecule has 1 N–H and O–H groups in total. The molecule has 1 heterocycles. The van der Waals surface area contributed by atoms with Crippen LogP contribution in [0.15, 0.2) is 164 Å². The fourth-order valence-electron chi connectivity index (χ4n) is 7.76. The van der Waals surface area contributed by atoms with Crippen molar-refractivity contribution in [2.75, 3.05) is 13.1 Å². The van der Waals surface area contributed by atoms with Crippen LogP contribution in [0.2, 0.25) is 0 Å². The number of nitrogens with one attached hydrogen (secondary N) is 1. The maximum absolute atomic E-state index is 6.22. The van der Waals surface area contributed by atoms with Crippen LogP contribution >= 0.6 is 0 Å². The monoisotopic (exact) mass is 714 g/mol. The third-order valence-electron chi connectivity index (χ3n) is 10.7. The Balaban J connectivity index is 1.14. The number of piperidine rings is 1. The van der Waals surface area contributed by atoms with Crippen LogP contribution in [0.3, 0.4) is 0 Å². The topological polar surface area (TPSA) is 33.7 Å². The summed E-state index contributed by atoms with van der Waals surface area (Å²) in [6.07, 6.45) is 5.80. The van der Waals surface area contributed by atoms with Gasteiger partial charge in [-0.1, -0.05) is 159 Å². The van der Waals surface area contributed by atoms with E-state index in [-0.39, 0.29) is 12.0 Å². The molecule has 0 aromatic heterocycles. The summed E-state index contributed by atoms with van der Waals surface area (Å²) in [6, 6.07) is 59.0. The summed E-state index contributed by atoms with van der Waals surface area (Å²) in [7, 11) is 0. The highest BCUT2D eigenvalue weighted by molar-refractivity contribution is 5.49. The van der Waals surface area contributed by atoms with Gasteiger partial charge in [0, 0.05) is 24.5 Å². The van der Waals surface area contributed by atoms with Gasteiger partial charge >= 0.3 is 0 Å². The molecule has 0 aliphatic carbocycles. The lowest BCUT2D eigenvalue weighted by atomic mass is 9.80. The third-order valence-corrected chi connectivity index (χ3v) is 10.7. The number of hydrogen-bond donors (Lipinski definition) is 1. The van der Waals surface area contributed by atoms with Crippen LogP contribution in [0.25, 0.3) is 0 Å². The molecule has 6 aromatic rings. The molecule has 276 valence electrons. The van der Waals surface area contributed by atoms with E-state index in [4.69, 9.17) is 9.47 Å². The number of unbranched alkanes of at least 4 members (excludes halogenated alkanes) is 1. The molecule has 6 aromatic carbocycles. The van der Waals surface area contributed by atoms with Gasteiger partial charge in [0.15, 0.2) is 0 Å². The first kappa shape index (κ1) is 37.2. The van der Waals surface area contributed by atoms with Crippen molar-refractivity contribution in [2.24, 2.45) is 0 Å². The number of nitrogens with zero attached hydrogens (tertiary/aromatic N) is 1. The van der Waals surface area contributed by atoms with Crippen LogP contribution in [0.5, 0.6) is 11.5 Å². The molecule has 0 bridgehead atoms. The normalized spacial score (nSPS) is 14.2. The molecule has 0 radical (unpaired) electrons. The van der Waals surface area contributed by atoms with Gasteiger partial charge < -0.3 is 14.8 Å². The van der Waals surface area contributed by atoms with Crippen LogP contribution in [0.4, 0.5) is 0 Å². The molecule has 1 saturated heterocycles. The lowest BCUT2D eigenvalue weighted by Gasteiger charge is -2.36. The van der Waals surface area contributed by atoms with Crippen LogP contribution in [-0.2, 0) is 19.8 Å². The van der Waals surface area contributed by atoms with E-state index in [9.17, 15) is 0 Å². The predicted molar refractivity (Wildman–Crippen MR) is 222 cm³/mol. The van der Waals surface area contributed by atoms with Crippen molar-refractivity contribution in [3.63, 3.8) is 0 Å². The summed E-state index contributed by atoms with van der Waals surface area (Å²) in [5, 5.41) is 4.21. The number of benzene rings is 6. The minimum Gasteiger partial charge on any atom is -0.489 e. The minimum absolute atomic E-state index is 0.0474. The second-order valence-corrected chi connectivity index (χ2v) is 14.6. The largest absolute Gasteiger partial charge is 0.489 e. The first-order valence-electron chi connectivity index (χ1n) is 19.9. The molecular weight excluding hydrogens is 661 g/mol.